The number of carbonyl (C=O) groups is 2. The number of aryl methyl sites for hydroxylation is 1. The number of amides is 2. The van der Waals surface area contributed by atoms with Gasteiger partial charge in [-0.3, -0.25) is 9.59 Å². The molecule has 152 valence electrons. The van der Waals surface area contributed by atoms with Crippen molar-refractivity contribution >= 4 is 23.2 Å². The van der Waals surface area contributed by atoms with Gasteiger partial charge in [-0.05, 0) is 48.7 Å². The molecule has 6 heteroatoms. The number of methoxy groups -OCH3 is 1. The first kappa shape index (κ1) is 19.3. The Morgan fingerprint density at radius 2 is 1.62 bits per heavy atom. The molecular formula is C23H27N3O3. The molecule has 0 atom stereocenters. The molecule has 0 aliphatic carbocycles. The summed E-state index contributed by atoms with van der Waals surface area (Å²) >= 11 is 0. The van der Waals surface area contributed by atoms with Crippen molar-refractivity contribution < 1.29 is 14.3 Å². The summed E-state index contributed by atoms with van der Waals surface area (Å²) in [6, 6.07) is 16.0. The Morgan fingerprint density at radius 1 is 0.897 bits per heavy atom. The van der Waals surface area contributed by atoms with Gasteiger partial charge in [-0.2, -0.15) is 0 Å². The van der Waals surface area contributed by atoms with Gasteiger partial charge in [0.05, 0.1) is 7.11 Å². The quantitative estimate of drug-likeness (QED) is 0.750. The van der Waals surface area contributed by atoms with Crippen LogP contribution in [0.15, 0.2) is 48.5 Å². The molecule has 0 spiro atoms. The van der Waals surface area contributed by atoms with E-state index in [-0.39, 0.29) is 18.2 Å². The van der Waals surface area contributed by atoms with Crippen LogP contribution in [0.4, 0.5) is 11.4 Å². The maximum atomic E-state index is 12.8. The Hall–Kier alpha value is -3.02. The maximum Gasteiger partial charge on any atom is 0.236 e. The molecule has 2 amide bonds. The van der Waals surface area contributed by atoms with E-state index in [0.29, 0.717) is 19.6 Å². The number of hydrogen-bond acceptors (Lipinski definition) is 4. The summed E-state index contributed by atoms with van der Waals surface area (Å²) in [7, 11) is 1.66. The van der Waals surface area contributed by atoms with Crippen LogP contribution in [0.3, 0.4) is 0 Å². The minimum Gasteiger partial charge on any atom is -0.497 e. The standard InChI is InChI=1S/C23H27N3O3/c1-29-20-10-8-19(9-11-20)24-13-15-25(16-14-24)22(27)17-23(28)26-12-4-6-18-5-2-3-7-21(18)26/h2-3,5,7-11H,4,6,12-17H2,1H3. The van der Waals surface area contributed by atoms with Gasteiger partial charge < -0.3 is 19.4 Å². The molecule has 4 rings (SSSR count). The van der Waals surface area contributed by atoms with Gasteiger partial charge >= 0.3 is 0 Å². The monoisotopic (exact) mass is 393 g/mol. The Bertz CT molecular complexity index is 873. The van der Waals surface area contributed by atoms with Gasteiger partial charge in [0.25, 0.3) is 0 Å². The van der Waals surface area contributed by atoms with E-state index < -0.39 is 0 Å². The largest absolute Gasteiger partial charge is 0.497 e. The van der Waals surface area contributed by atoms with Crippen molar-refractivity contribution in [3.8, 4) is 5.75 Å². The summed E-state index contributed by atoms with van der Waals surface area (Å²) in [4.78, 5) is 31.4. The van der Waals surface area contributed by atoms with Crippen LogP contribution in [-0.4, -0.2) is 56.5 Å². The van der Waals surface area contributed by atoms with Crippen molar-refractivity contribution in [3.05, 3.63) is 54.1 Å². The lowest BCUT2D eigenvalue weighted by molar-refractivity contribution is -0.135. The van der Waals surface area contributed by atoms with Crippen LogP contribution in [0, 0.1) is 0 Å². The fourth-order valence-electron chi connectivity index (χ4n) is 4.14. The average Bonchev–Trinajstić information content (AvgIpc) is 2.78. The smallest absolute Gasteiger partial charge is 0.236 e. The summed E-state index contributed by atoms with van der Waals surface area (Å²) in [6.07, 6.45) is 1.87. The molecule has 2 aliphatic rings. The van der Waals surface area contributed by atoms with E-state index in [2.05, 4.69) is 11.0 Å². The van der Waals surface area contributed by atoms with Gasteiger partial charge in [0.1, 0.15) is 12.2 Å². The van der Waals surface area contributed by atoms with E-state index in [0.717, 1.165) is 43.1 Å². The Kier molecular flexibility index (Phi) is 5.69. The zero-order valence-corrected chi connectivity index (χ0v) is 16.8. The maximum absolute atomic E-state index is 12.8. The van der Waals surface area contributed by atoms with E-state index in [9.17, 15) is 9.59 Å². The van der Waals surface area contributed by atoms with Crippen molar-refractivity contribution in [3.63, 3.8) is 0 Å². The molecule has 2 aliphatic heterocycles. The number of piperazine rings is 1. The molecule has 0 bridgehead atoms. The predicted octanol–water partition coefficient (Wildman–Crippen LogP) is 2.71. The molecule has 0 aromatic heterocycles. The molecule has 29 heavy (non-hydrogen) atoms. The first-order valence-electron chi connectivity index (χ1n) is 10.2. The van der Waals surface area contributed by atoms with Crippen LogP contribution in [0.2, 0.25) is 0 Å². The second-order valence-corrected chi connectivity index (χ2v) is 7.52. The minimum absolute atomic E-state index is 0.0587. The molecule has 0 unspecified atom stereocenters. The summed E-state index contributed by atoms with van der Waals surface area (Å²) in [5, 5.41) is 0. The number of rotatable bonds is 4. The van der Waals surface area contributed by atoms with Crippen molar-refractivity contribution in [1.82, 2.24) is 4.90 Å². The highest BCUT2D eigenvalue weighted by atomic mass is 16.5. The highest BCUT2D eigenvalue weighted by Crippen LogP contribution is 2.27. The highest BCUT2D eigenvalue weighted by molar-refractivity contribution is 6.05. The lowest BCUT2D eigenvalue weighted by atomic mass is 10.0. The van der Waals surface area contributed by atoms with Crippen LogP contribution in [-0.2, 0) is 16.0 Å². The number of anilines is 2. The lowest BCUT2D eigenvalue weighted by Gasteiger charge is -2.36. The van der Waals surface area contributed by atoms with Gasteiger partial charge in [-0.1, -0.05) is 18.2 Å². The third-order valence-corrected chi connectivity index (χ3v) is 5.78. The first-order chi connectivity index (χ1) is 14.2. The molecule has 2 aromatic carbocycles. The highest BCUT2D eigenvalue weighted by Gasteiger charge is 2.27. The second-order valence-electron chi connectivity index (χ2n) is 7.52. The van der Waals surface area contributed by atoms with E-state index in [1.807, 2.05) is 47.4 Å². The van der Waals surface area contributed by atoms with Gasteiger partial charge in [0.2, 0.25) is 11.8 Å². The van der Waals surface area contributed by atoms with Crippen LogP contribution >= 0.6 is 0 Å². The molecule has 0 N–H and O–H groups in total. The Morgan fingerprint density at radius 3 is 2.34 bits per heavy atom. The SMILES string of the molecule is COc1ccc(N2CCN(C(=O)CC(=O)N3CCCc4ccccc43)CC2)cc1. The van der Waals surface area contributed by atoms with E-state index in [1.54, 1.807) is 12.0 Å². The molecular weight excluding hydrogens is 366 g/mol. The minimum atomic E-state index is -0.0975. The third kappa shape index (κ3) is 4.21. The predicted molar refractivity (Wildman–Crippen MR) is 114 cm³/mol. The van der Waals surface area contributed by atoms with Gasteiger partial charge in [-0.15, -0.1) is 0 Å². The van der Waals surface area contributed by atoms with Crippen molar-refractivity contribution in [1.29, 1.82) is 0 Å². The van der Waals surface area contributed by atoms with Crippen molar-refractivity contribution in [2.24, 2.45) is 0 Å². The van der Waals surface area contributed by atoms with Crippen LogP contribution < -0.4 is 14.5 Å². The van der Waals surface area contributed by atoms with Crippen molar-refractivity contribution in [2.75, 3.05) is 49.6 Å². The average molecular weight is 393 g/mol. The number of hydrogen-bond donors (Lipinski definition) is 0. The zero-order valence-electron chi connectivity index (χ0n) is 16.8. The third-order valence-electron chi connectivity index (χ3n) is 5.78. The van der Waals surface area contributed by atoms with Gasteiger partial charge in [-0.25, -0.2) is 0 Å². The molecule has 1 saturated heterocycles. The topological polar surface area (TPSA) is 53.1 Å². The fraction of sp³-hybridized carbons (Fsp3) is 0.391. The molecule has 6 nitrogen and oxygen atoms in total. The summed E-state index contributed by atoms with van der Waals surface area (Å²) < 4.78 is 5.21. The van der Waals surface area contributed by atoms with Gasteiger partial charge in [0.15, 0.2) is 0 Å². The van der Waals surface area contributed by atoms with Crippen LogP contribution in [0.5, 0.6) is 5.75 Å². The second kappa shape index (κ2) is 8.55. The molecule has 2 aromatic rings. The molecule has 0 radical (unpaired) electrons. The number of ether oxygens (including phenoxy) is 1. The number of fused-ring (bicyclic) bond motifs is 1. The zero-order chi connectivity index (χ0) is 20.2. The summed E-state index contributed by atoms with van der Waals surface area (Å²) in [5.41, 5.74) is 3.27. The summed E-state index contributed by atoms with van der Waals surface area (Å²) in [6.45, 7) is 3.48. The molecule has 1 fully saturated rings. The first-order valence-corrected chi connectivity index (χ1v) is 10.2. The number of para-hydroxylation sites is 1. The summed E-state index contributed by atoms with van der Waals surface area (Å²) in [5.74, 6) is 0.660. The number of benzene rings is 2. The number of nitrogens with zero attached hydrogens (tertiary/aromatic N) is 3. The molecule has 0 saturated carbocycles. The van der Waals surface area contributed by atoms with E-state index in [4.69, 9.17) is 4.74 Å². The van der Waals surface area contributed by atoms with Gasteiger partial charge in [0, 0.05) is 44.1 Å². The van der Waals surface area contributed by atoms with E-state index in [1.165, 1.54) is 5.56 Å². The Balaban J connectivity index is 1.32. The van der Waals surface area contributed by atoms with E-state index >= 15 is 0 Å². The Labute approximate surface area is 171 Å². The fourth-order valence-corrected chi connectivity index (χ4v) is 4.14. The normalized spacial score (nSPS) is 16.4. The van der Waals surface area contributed by atoms with Crippen molar-refractivity contribution in [2.45, 2.75) is 19.3 Å². The van der Waals surface area contributed by atoms with Crippen LogP contribution in [0.25, 0.3) is 0 Å². The lowest BCUT2D eigenvalue weighted by Crippen LogP contribution is -2.50. The number of carbonyl (C=O) groups excluding carboxylic acids is 2. The van der Waals surface area contributed by atoms with Crippen LogP contribution in [0.1, 0.15) is 18.4 Å². The molecule has 2 heterocycles.